The Balaban J connectivity index is 2.27. The molecule has 6 nitrogen and oxygen atoms in total. The summed E-state index contributed by atoms with van der Waals surface area (Å²) in [6.45, 7) is 6.18. The van der Waals surface area contributed by atoms with Crippen LogP contribution in [0, 0.1) is 12.3 Å². The number of hydrogen-bond donors (Lipinski definition) is 2. The van der Waals surface area contributed by atoms with E-state index in [0.29, 0.717) is 12.2 Å². The number of aliphatic hydroxyl groups excluding tert-OH is 1. The molecule has 1 amide bonds. The molecule has 0 saturated heterocycles. The van der Waals surface area contributed by atoms with Gasteiger partial charge >= 0.3 is 0 Å². The van der Waals surface area contributed by atoms with E-state index in [1.54, 1.807) is 18.3 Å². The van der Waals surface area contributed by atoms with E-state index < -0.39 is 11.5 Å². The number of nitrogens with zero attached hydrogens (tertiary/aromatic N) is 2. The molecule has 6 heteroatoms. The third-order valence-electron chi connectivity index (χ3n) is 4.57. The van der Waals surface area contributed by atoms with Crippen molar-refractivity contribution in [2.75, 3.05) is 13.2 Å². The lowest BCUT2D eigenvalue weighted by Crippen LogP contribution is -2.41. The van der Waals surface area contributed by atoms with E-state index in [0.717, 1.165) is 18.4 Å². The van der Waals surface area contributed by atoms with Crippen molar-refractivity contribution in [1.82, 2.24) is 14.7 Å². The predicted octanol–water partition coefficient (Wildman–Crippen LogP) is 1.53. The summed E-state index contributed by atoms with van der Waals surface area (Å²) in [5, 5.41) is 12.3. The summed E-state index contributed by atoms with van der Waals surface area (Å²) >= 11 is 0. The van der Waals surface area contributed by atoms with Crippen LogP contribution in [0.3, 0.4) is 0 Å². The van der Waals surface area contributed by atoms with Crippen LogP contribution in [0.4, 0.5) is 0 Å². The lowest BCUT2D eigenvalue weighted by Gasteiger charge is -2.29. The van der Waals surface area contributed by atoms with Crippen molar-refractivity contribution >= 4 is 11.6 Å². The van der Waals surface area contributed by atoms with E-state index in [9.17, 15) is 14.7 Å². The Bertz CT molecular complexity index is 755. The molecule has 2 aromatic rings. The van der Waals surface area contributed by atoms with Gasteiger partial charge in [0.1, 0.15) is 11.2 Å². The van der Waals surface area contributed by atoms with Crippen LogP contribution in [0.5, 0.6) is 0 Å². The first-order valence-electron chi connectivity index (χ1n) is 7.83. The molecule has 0 spiro atoms. The van der Waals surface area contributed by atoms with Gasteiger partial charge in [-0.3, -0.25) is 14.0 Å². The molecule has 2 N–H and O–H groups in total. The lowest BCUT2D eigenvalue weighted by molar-refractivity contribution is 0.0849. The van der Waals surface area contributed by atoms with Gasteiger partial charge in [0.25, 0.3) is 11.5 Å². The number of fused-ring (bicyclic) bond motifs is 1. The topological polar surface area (TPSA) is 83.7 Å². The maximum atomic E-state index is 12.4. The molecule has 23 heavy (non-hydrogen) atoms. The Hall–Kier alpha value is -2.21. The van der Waals surface area contributed by atoms with E-state index in [4.69, 9.17) is 0 Å². The Labute approximate surface area is 135 Å². The predicted molar refractivity (Wildman–Crippen MR) is 88.6 cm³/mol. The van der Waals surface area contributed by atoms with Crippen LogP contribution in [-0.4, -0.2) is 33.6 Å². The molecule has 0 unspecified atom stereocenters. The highest BCUT2D eigenvalue weighted by atomic mass is 16.3. The zero-order chi connectivity index (χ0) is 17.0. The minimum Gasteiger partial charge on any atom is -0.396 e. The average molecular weight is 317 g/mol. The molecule has 0 aromatic carbocycles. The normalized spacial score (nSPS) is 11.7. The van der Waals surface area contributed by atoms with Gasteiger partial charge in [-0.05, 0) is 37.5 Å². The summed E-state index contributed by atoms with van der Waals surface area (Å²) in [5.74, 6) is -0.461. The van der Waals surface area contributed by atoms with E-state index >= 15 is 0 Å². The molecule has 0 saturated carbocycles. The molecular weight excluding hydrogens is 294 g/mol. The second-order valence-electron chi connectivity index (χ2n) is 5.96. The third kappa shape index (κ3) is 3.42. The van der Waals surface area contributed by atoms with Crippen LogP contribution >= 0.6 is 0 Å². The van der Waals surface area contributed by atoms with Gasteiger partial charge < -0.3 is 10.4 Å². The number of rotatable bonds is 6. The van der Waals surface area contributed by atoms with E-state index in [1.807, 2.05) is 20.8 Å². The highest BCUT2D eigenvalue weighted by Crippen LogP contribution is 2.24. The number of nitrogens with one attached hydrogen (secondary N) is 1. The SMILES string of the molecule is CCC(CC)(CO)CNC(=O)c1cnc2cc(C)ccn2c1=O. The minimum atomic E-state index is -0.461. The van der Waals surface area contributed by atoms with Crippen molar-refractivity contribution in [2.24, 2.45) is 5.41 Å². The van der Waals surface area contributed by atoms with Crippen LogP contribution in [0.25, 0.3) is 5.65 Å². The smallest absolute Gasteiger partial charge is 0.270 e. The zero-order valence-electron chi connectivity index (χ0n) is 13.8. The van der Waals surface area contributed by atoms with Crippen molar-refractivity contribution in [1.29, 1.82) is 0 Å². The van der Waals surface area contributed by atoms with Crippen molar-refractivity contribution in [3.8, 4) is 0 Å². The Kier molecular flexibility index (Phi) is 5.15. The molecule has 0 atom stereocenters. The molecule has 2 rings (SSSR count). The number of hydrogen-bond acceptors (Lipinski definition) is 4. The van der Waals surface area contributed by atoms with Crippen LogP contribution in [0.15, 0.2) is 29.3 Å². The summed E-state index contributed by atoms with van der Waals surface area (Å²) in [4.78, 5) is 28.9. The number of aliphatic hydroxyl groups is 1. The summed E-state index contributed by atoms with van der Waals surface area (Å²) in [5.41, 5.74) is 0.763. The first-order chi connectivity index (χ1) is 11.0. The molecular formula is C17H23N3O3. The Morgan fingerprint density at radius 1 is 1.39 bits per heavy atom. The Morgan fingerprint density at radius 3 is 2.70 bits per heavy atom. The molecule has 2 heterocycles. The highest BCUT2D eigenvalue weighted by Gasteiger charge is 2.26. The van der Waals surface area contributed by atoms with Crippen molar-refractivity contribution in [2.45, 2.75) is 33.6 Å². The molecule has 2 aromatic heterocycles. The van der Waals surface area contributed by atoms with E-state index in [1.165, 1.54) is 10.6 Å². The fraction of sp³-hybridized carbons (Fsp3) is 0.471. The molecule has 0 aliphatic heterocycles. The van der Waals surface area contributed by atoms with E-state index in [2.05, 4.69) is 10.3 Å². The van der Waals surface area contributed by atoms with Crippen LogP contribution in [0.2, 0.25) is 0 Å². The van der Waals surface area contributed by atoms with Crippen LogP contribution in [-0.2, 0) is 0 Å². The molecule has 0 fully saturated rings. The largest absolute Gasteiger partial charge is 0.396 e. The third-order valence-corrected chi connectivity index (χ3v) is 4.57. The monoisotopic (exact) mass is 317 g/mol. The summed E-state index contributed by atoms with van der Waals surface area (Å²) in [6, 6.07) is 3.58. The molecule has 0 aliphatic carbocycles. The second-order valence-corrected chi connectivity index (χ2v) is 5.96. The fourth-order valence-electron chi connectivity index (χ4n) is 2.47. The van der Waals surface area contributed by atoms with Crippen molar-refractivity contribution < 1.29 is 9.90 Å². The summed E-state index contributed by atoms with van der Waals surface area (Å²) < 4.78 is 1.36. The number of pyridine rings is 1. The number of carbonyl (C=O) groups excluding carboxylic acids is 1. The average Bonchev–Trinajstić information content (AvgIpc) is 2.56. The van der Waals surface area contributed by atoms with Crippen molar-refractivity contribution in [3.63, 3.8) is 0 Å². The highest BCUT2D eigenvalue weighted by molar-refractivity contribution is 5.93. The maximum Gasteiger partial charge on any atom is 0.270 e. The van der Waals surface area contributed by atoms with Gasteiger partial charge in [-0.1, -0.05) is 13.8 Å². The maximum absolute atomic E-state index is 12.4. The van der Waals surface area contributed by atoms with Crippen LogP contribution in [0.1, 0.15) is 42.6 Å². The van der Waals surface area contributed by atoms with Gasteiger partial charge in [-0.2, -0.15) is 0 Å². The van der Waals surface area contributed by atoms with E-state index in [-0.39, 0.29) is 17.6 Å². The number of carbonyl (C=O) groups is 1. The summed E-state index contributed by atoms with van der Waals surface area (Å²) in [7, 11) is 0. The van der Waals surface area contributed by atoms with Gasteiger partial charge in [0.15, 0.2) is 0 Å². The van der Waals surface area contributed by atoms with Gasteiger partial charge in [0.2, 0.25) is 0 Å². The second kappa shape index (κ2) is 6.91. The molecule has 0 bridgehead atoms. The molecule has 124 valence electrons. The standard InChI is InChI=1S/C17H23N3O3/c1-4-17(5-2,11-21)10-19-15(22)13-9-18-14-8-12(3)6-7-20(14)16(13)23/h6-9,21H,4-5,10-11H2,1-3H3,(H,19,22). The quantitative estimate of drug-likeness (QED) is 0.846. The zero-order valence-corrected chi connectivity index (χ0v) is 13.8. The lowest BCUT2D eigenvalue weighted by atomic mass is 9.83. The fourth-order valence-corrected chi connectivity index (χ4v) is 2.47. The number of amides is 1. The first kappa shape index (κ1) is 17.1. The number of aryl methyl sites for hydroxylation is 1. The van der Waals surface area contributed by atoms with Crippen LogP contribution < -0.4 is 10.9 Å². The van der Waals surface area contributed by atoms with Gasteiger partial charge in [0, 0.05) is 24.4 Å². The first-order valence-corrected chi connectivity index (χ1v) is 7.83. The van der Waals surface area contributed by atoms with Gasteiger partial charge in [-0.15, -0.1) is 0 Å². The summed E-state index contributed by atoms with van der Waals surface area (Å²) in [6.07, 6.45) is 4.42. The molecule has 0 radical (unpaired) electrons. The van der Waals surface area contributed by atoms with Crippen molar-refractivity contribution in [3.05, 3.63) is 46.0 Å². The van der Waals surface area contributed by atoms with Gasteiger partial charge in [0.05, 0.1) is 6.61 Å². The minimum absolute atomic E-state index is 0.00500. The van der Waals surface area contributed by atoms with Gasteiger partial charge in [-0.25, -0.2) is 4.98 Å². The Morgan fingerprint density at radius 2 is 2.09 bits per heavy atom. The number of aromatic nitrogens is 2. The molecule has 0 aliphatic rings.